The van der Waals surface area contributed by atoms with Crippen LogP contribution in [0.5, 0.6) is 5.75 Å². The topological polar surface area (TPSA) is 314 Å². The van der Waals surface area contributed by atoms with Crippen LogP contribution >= 0.6 is 0 Å². The molecule has 0 unspecified atom stereocenters. The third-order valence-electron chi connectivity index (χ3n) is 8.63. The van der Waals surface area contributed by atoms with E-state index in [9.17, 15) is 43.7 Å². The first-order chi connectivity index (χ1) is 28.2. The molecule has 0 aromatic heterocycles. The van der Waals surface area contributed by atoms with Gasteiger partial charge in [0.2, 0.25) is 5.78 Å². The number of benzene rings is 4. The molecule has 0 spiro atoms. The number of aryl methyl sites for hydroxylation is 2. The first kappa shape index (κ1) is 42.8. The first-order valence-electron chi connectivity index (χ1n) is 17.0. The van der Waals surface area contributed by atoms with E-state index in [1.54, 1.807) is 62.4 Å². The van der Waals surface area contributed by atoms with Crippen LogP contribution in [0.4, 0.5) is 39.8 Å². The largest absolute Gasteiger partial charge is 0.494 e. The number of Topliss-reactive ketones (excluding diaryl/α,β-unsaturated/α-hetero) is 1. The van der Waals surface area contributed by atoms with Gasteiger partial charge in [0.15, 0.2) is 5.70 Å². The summed E-state index contributed by atoms with van der Waals surface area (Å²) in [5.74, 6) is -0.655. The Hall–Kier alpha value is -6.76. The maximum absolute atomic E-state index is 13.3. The predicted octanol–water partition coefficient (Wildman–Crippen LogP) is 8.89. The van der Waals surface area contributed by atoms with Crippen molar-refractivity contribution in [1.82, 2.24) is 0 Å². The van der Waals surface area contributed by atoms with E-state index >= 15 is 0 Å². The van der Waals surface area contributed by atoms with Gasteiger partial charge in [0.1, 0.15) is 16.3 Å². The summed E-state index contributed by atoms with van der Waals surface area (Å²) in [6, 6.07) is 19.8. The molecule has 0 saturated heterocycles. The van der Waals surface area contributed by atoms with Crippen molar-refractivity contribution in [2.75, 3.05) is 7.11 Å². The molecule has 23 heteroatoms. The molecular weight excluding hydrogens is 843 g/mol. The Morgan fingerprint density at radius 1 is 0.600 bits per heavy atom. The van der Waals surface area contributed by atoms with Gasteiger partial charge >= 0.3 is 0 Å². The number of ketones is 1. The lowest BCUT2D eigenvalue weighted by atomic mass is 9.88. The Labute approximate surface area is 342 Å². The van der Waals surface area contributed by atoms with Crippen molar-refractivity contribution in [2.45, 2.75) is 25.2 Å². The number of fused-ring (bicyclic) bond motifs is 1. The van der Waals surface area contributed by atoms with Crippen molar-refractivity contribution in [1.29, 1.82) is 0 Å². The molecule has 0 atom stereocenters. The van der Waals surface area contributed by atoms with E-state index in [2.05, 4.69) is 40.9 Å². The number of carbonyl (C=O) groups is 1. The summed E-state index contributed by atoms with van der Waals surface area (Å²) in [5, 5.41) is 33.2. The fourth-order valence-corrected chi connectivity index (χ4v) is 7.51. The molecule has 0 aliphatic heterocycles. The number of carbonyl (C=O) groups excluding carboxylic acids is 1. The van der Waals surface area contributed by atoms with Gasteiger partial charge in [0, 0.05) is 23.8 Å². The van der Waals surface area contributed by atoms with Gasteiger partial charge < -0.3 is 10.5 Å². The Balaban J connectivity index is 1.15. The van der Waals surface area contributed by atoms with Crippen LogP contribution in [-0.2, 0) is 35.1 Å². The molecule has 2 aliphatic rings. The lowest BCUT2D eigenvalue weighted by Crippen LogP contribution is -2.23. The zero-order chi connectivity index (χ0) is 43.6. The SMILES string of the molecule is COc1cc(N=Nc2cccc(S(=O)(=O)O)c2)ccc1N=Nc1ccc(N=Nc2ccc(N=NC3=C(S(=O)(=O)O)C=C4CC(S(=O)(=O)O)=C(N)C=C4C3=O)cc2C)cc1C. The fourth-order valence-electron chi connectivity index (χ4n) is 5.62. The van der Waals surface area contributed by atoms with Gasteiger partial charge in [-0.3, -0.25) is 18.5 Å². The second-order valence-electron chi connectivity index (χ2n) is 12.8. The third-order valence-corrected chi connectivity index (χ3v) is 11.4. The highest BCUT2D eigenvalue weighted by atomic mass is 32.2. The van der Waals surface area contributed by atoms with E-state index in [1.807, 2.05) is 0 Å². The monoisotopic (exact) mass is 873 g/mol. The molecule has 0 amide bonds. The van der Waals surface area contributed by atoms with Crippen LogP contribution in [-0.4, -0.2) is 51.8 Å². The Morgan fingerprint density at radius 3 is 1.67 bits per heavy atom. The summed E-state index contributed by atoms with van der Waals surface area (Å²) in [6.07, 6.45) is 1.25. The van der Waals surface area contributed by atoms with Crippen molar-refractivity contribution in [2.24, 2.45) is 46.6 Å². The van der Waals surface area contributed by atoms with Gasteiger partial charge in [0.05, 0.1) is 51.0 Å². The van der Waals surface area contributed by atoms with Crippen LogP contribution in [0.3, 0.4) is 0 Å². The molecule has 0 saturated carbocycles. The lowest BCUT2D eigenvalue weighted by Gasteiger charge is -2.22. The Morgan fingerprint density at radius 2 is 1.12 bits per heavy atom. The Kier molecular flexibility index (Phi) is 12.0. The first-order valence-corrected chi connectivity index (χ1v) is 21.3. The second-order valence-corrected chi connectivity index (χ2v) is 17.1. The van der Waals surface area contributed by atoms with Crippen molar-refractivity contribution >= 4 is 75.9 Å². The fraction of sp³-hybridized carbons (Fsp3) is 0.108. The minimum absolute atomic E-state index is 0.119. The van der Waals surface area contributed by atoms with Crippen molar-refractivity contribution in [3.05, 3.63) is 134 Å². The number of azo groups is 4. The highest BCUT2D eigenvalue weighted by Gasteiger charge is 2.36. The number of nitrogens with zero attached hydrogens (tertiary/aromatic N) is 8. The number of nitrogens with two attached hydrogens (primary N) is 1. The van der Waals surface area contributed by atoms with Crippen molar-refractivity contribution in [3.8, 4) is 5.75 Å². The highest BCUT2D eigenvalue weighted by molar-refractivity contribution is 7.90. The normalized spacial score (nSPS) is 15.4. The molecule has 6 rings (SSSR count). The molecular formula is C37H31N9O11S3. The Bertz CT molecular complexity index is 3080. The zero-order valence-electron chi connectivity index (χ0n) is 31.4. The molecule has 0 heterocycles. The van der Waals surface area contributed by atoms with E-state index in [0.29, 0.717) is 39.7 Å². The predicted molar refractivity (Wildman–Crippen MR) is 216 cm³/mol. The quantitative estimate of drug-likeness (QED) is 0.0766. The van der Waals surface area contributed by atoms with E-state index in [0.717, 1.165) is 17.7 Å². The number of rotatable bonds is 12. The minimum Gasteiger partial charge on any atom is -0.494 e. The number of hydrogen-bond acceptors (Lipinski definition) is 17. The van der Waals surface area contributed by atoms with Gasteiger partial charge in [-0.2, -0.15) is 55.9 Å². The van der Waals surface area contributed by atoms with Crippen LogP contribution in [0.15, 0.2) is 169 Å². The summed E-state index contributed by atoms with van der Waals surface area (Å²) >= 11 is 0. The summed E-state index contributed by atoms with van der Waals surface area (Å²) in [5.41, 5.74) is 8.22. The van der Waals surface area contributed by atoms with Crippen LogP contribution in [0.1, 0.15) is 17.5 Å². The molecule has 308 valence electrons. The molecule has 60 heavy (non-hydrogen) atoms. The average molecular weight is 874 g/mol. The third kappa shape index (κ3) is 9.91. The molecule has 0 fully saturated rings. The van der Waals surface area contributed by atoms with Crippen molar-refractivity contribution in [3.63, 3.8) is 0 Å². The number of allylic oxidation sites excluding steroid dienone is 5. The van der Waals surface area contributed by atoms with E-state index in [4.69, 9.17) is 10.5 Å². The summed E-state index contributed by atoms with van der Waals surface area (Å²) in [6.45, 7) is 3.51. The van der Waals surface area contributed by atoms with E-state index < -0.39 is 63.8 Å². The lowest BCUT2D eigenvalue weighted by molar-refractivity contribution is -0.112. The van der Waals surface area contributed by atoms with Gasteiger partial charge in [-0.15, -0.1) is 10.2 Å². The zero-order valence-corrected chi connectivity index (χ0v) is 33.8. The number of methoxy groups -OCH3 is 1. The molecule has 2 aliphatic carbocycles. The molecule has 20 nitrogen and oxygen atoms in total. The number of hydrogen-bond donors (Lipinski definition) is 4. The summed E-state index contributed by atoms with van der Waals surface area (Å²) < 4.78 is 105. The average Bonchev–Trinajstić information content (AvgIpc) is 3.18. The highest BCUT2D eigenvalue weighted by Crippen LogP contribution is 2.39. The minimum atomic E-state index is -5.04. The maximum atomic E-state index is 13.3. The molecule has 5 N–H and O–H groups in total. The van der Waals surface area contributed by atoms with Crippen molar-refractivity contribution < 1.29 is 48.4 Å². The van der Waals surface area contributed by atoms with E-state index in [-0.39, 0.29) is 27.4 Å². The van der Waals surface area contributed by atoms with Gasteiger partial charge in [0.25, 0.3) is 30.4 Å². The van der Waals surface area contributed by atoms with Crippen LogP contribution in [0.25, 0.3) is 0 Å². The molecule has 4 aromatic rings. The standard InChI is InChI=1S/C37H31N9O11S3/c1-20-14-25(42-46-36-35(60(54,55)56)16-22-15-34(59(51,52)53)29(38)19-28(22)37(36)47)8-10-30(20)43-41-24-7-11-31(21(2)13-24)44-45-32-12-9-26(18-33(32)57-3)40-39-23-5-4-6-27(17-23)58(48,49)50/h4-14,16-19H,15,38H2,1-3H3,(H,48,49,50)(H,51,52,53)(H,54,55,56). The van der Waals surface area contributed by atoms with Gasteiger partial charge in [-0.05, 0) is 109 Å². The van der Waals surface area contributed by atoms with Gasteiger partial charge in [-0.1, -0.05) is 6.07 Å². The molecule has 4 aromatic carbocycles. The van der Waals surface area contributed by atoms with E-state index in [1.165, 1.54) is 37.4 Å². The van der Waals surface area contributed by atoms with Gasteiger partial charge in [-0.25, -0.2) is 0 Å². The van der Waals surface area contributed by atoms with Crippen LogP contribution < -0.4 is 10.5 Å². The summed E-state index contributed by atoms with van der Waals surface area (Å²) in [4.78, 5) is 11.4. The molecule has 0 bridgehead atoms. The number of ether oxygens (including phenoxy) is 1. The van der Waals surface area contributed by atoms with Crippen LogP contribution in [0.2, 0.25) is 0 Å². The maximum Gasteiger partial charge on any atom is 0.296 e. The summed E-state index contributed by atoms with van der Waals surface area (Å²) in [7, 11) is -12.8. The molecule has 0 radical (unpaired) electrons. The van der Waals surface area contributed by atoms with Crippen LogP contribution in [0, 0.1) is 13.8 Å². The smallest absolute Gasteiger partial charge is 0.296 e. The second kappa shape index (κ2) is 16.8.